The van der Waals surface area contributed by atoms with Crippen LogP contribution in [0.4, 0.5) is 15.8 Å². The van der Waals surface area contributed by atoms with Crippen molar-refractivity contribution >= 4 is 34.5 Å². The standard InChI is InChI=1S/C42H48ClFN4O2/c1-39(2,3)33-21-27(25-45-47-31-15-11-29(43)12-16-31)23-35(37(33)49)41(7,8)19-20-42(9,10)36-24-28(22-34(38(36)50)40(4,5)6)26-46-48-32-17-13-30(44)14-18-32/h11-18,21-26H,19-20H2,1-10H3/b27-25-,28-26+,47-45?,48-46?. The Balaban J connectivity index is 1.63. The Kier molecular flexibility index (Phi) is 11.4. The summed E-state index contributed by atoms with van der Waals surface area (Å²) < 4.78 is 13.3. The Morgan fingerprint density at radius 2 is 0.900 bits per heavy atom. The number of carbonyl (C=O) groups excluding carboxylic acids is 2. The maximum Gasteiger partial charge on any atom is 0.186 e. The molecule has 0 unspecified atom stereocenters. The molecule has 8 heteroatoms. The van der Waals surface area contributed by atoms with Crippen LogP contribution in [0.5, 0.6) is 0 Å². The number of rotatable bonds is 9. The van der Waals surface area contributed by atoms with Crippen molar-refractivity contribution in [2.45, 2.75) is 82.1 Å². The first-order valence-corrected chi connectivity index (χ1v) is 17.3. The van der Waals surface area contributed by atoms with Crippen molar-refractivity contribution in [2.75, 3.05) is 0 Å². The number of halogens is 2. The van der Waals surface area contributed by atoms with Gasteiger partial charge in [-0.2, -0.15) is 20.5 Å². The third kappa shape index (κ3) is 9.66. The van der Waals surface area contributed by atoms with Crippen molar-refractivity contribution in [3.8, 4) is 0 Å². The zero-order valence-electron chi connectivity index (χ0n) is 30.9. The molecule has 2 aliphatic carbocycles. The molecule has 0 amide bonds. The van der Waals surface area contributed by atoms with E-state index in [0.29, 0.717) is 51.5 Å². The van der Waals surface area contributed by atoms with E-state index in [1.54, 1.807) is 48.8 Å². The van der Waals surface area contributed by atoms with E-state index in [1.165, 1.54) is 12.1 Å². The first kappa shape index (κ1) is 38.4. The second-order valence-corrected chi connectivity index (χ2v) is 16.7. The van der Waals surface area contributed by atoms with E-state index in [-0.39, 0.29) is 22.8 Å². The monoisotopic (exact) mass is 694 g/mol. The van der Waals surface area contributed by atoms with E-state index in [2.05, 4.69) is 48.2 Å². The fourth-order valence-electron chi connectivity index (χ4n) is 5.81. The SMILES string of the molecule is CC(C)(C)C1=C/C(=C/N=Nc2ccc(Cl)cc2)C=C(C(C)(C)CCC(C)(C)C2=C/C(=C/N=Nc3ccc(F)cc3)C=C(C(C)(C)C)C2=O)C1=O. The van der Waals surface area contributed by atoms with Gasteiger partial charge in [-0.15, -0.1) is 0 Å². The largest absolute Gasteiger partial charge is 0.289 e. The van der Waals surface area contributed by atoms with E-state index < -0.39 is 16.2 Å². The van der Waals surface area contributed by atoms with Crippen molar-refractivity contribution in [3.63, 3.8) is 0 Å². The predicted molar refractivity (Wildman–Crippen MR) is 201 cm³/mol. The molecule has 6 nitrogen and oxygen atoms in total. The molecule has 2 aromatic carbocycles. The Labute approximate surface area is 301 Å². The number of azo groups is 2. The lowest BCUT2D eigenvalue weighted by atomic mass is 9.65. The van der Waals surface area contributed by atoms with Gasteiger partial charge < -0.3 is 0 Å². The van der Waals surface area contributed by atoms with Gasteiger partial charge in [-0.1, -0.05) is 80.8 Å². The molecule has 0 saturated carbocycles. The molecule has 0 aliphatic heterocycles. The quantitative estimate of drug-likeness (QED) is 0.245. The summed E-state index contributed by atoms with van der Waals surface area (Å²) in [5, 5.41) is 17.7. The molecule has 0 aromatic heterocycles. The fraction of sp³-hybridized carbons (Fsp3) is 0.381. The zero-order valence-corrected chi connectivity index (χ0v) is 31.6. The molecule has 4 rings (SSSR count). The van der Waals surface area contributed by atoms with E-state index in [9.17, 15) is 14.0 Å². The van der Waals surface area contributed by atoms with Crippen LogP contribution in [0.2, 0.25) is 5.02 Å². The van der Waals surface area contributed by atoms with Crippen LogP contribution in [0.3, 0.4) is 0 Å². The average Bonchev–Trinajstić information content (AvgIpc) is 3.02. The number of benzene rings is 2. The second kappa shape index (κ2) is 14.9. The number of ketones is 2. The molecule has 2 aliphatic rings. The number of hydrogen-bond donors (Lipinski definition) is 0. The third-order valence-corrected chi connectivity index (χ3v) is 9.34. The van der Waals surface area contributed by atoms with Crippen LogP contribution >= 0.6 is 11.6 Å². The summed E-state index contributed by atoms with van der Waals surface area (Å²) in [5.74, 6) is -0.308. The molecule has 50 heavy (non-hydrogen) atoms. The smallest absolute Gasteiger partial charge is 0.186 e. The number of allylic oxidation sites excluding steroid dienone is 10. The van der Waals surface area contributed by atoms with Crippen LogP contribution in [0.25, 0.3) is 0 Å². The molecule has 0 heterocycles. The highest BCUT2D eigenvalue weighted by atomic mass is 35.5. The van der Waals surface area contributed by atoms with Crippen LogP contribution in [0.15, 0.2) is 139 Å². The van der Waals surface area contributed by atoms with Gasteiger partial charge in [0.05, 0.1) is 23.8 Å². The fourth-order valence-corrected chi connectivity index (χ4v) is 5.93. The summed E-state index contributed by atoms with van der Waals surface area (Å²) in [6, 6.07) is 12.9. The Morgan fingerprint density at radius 3 is 1.26 bits per heavy atom. The molecule has 2 aromatic rings. The molecular weight excluding hydrogens is 647 g/mol. The number of hydrogen-bond acceptors (Lipinski definition) is 6. The Hall–Kier alpha value is -4.36. The van der Waals surface area contributed by atoms with E-state index in [0.717, 1.165) is 11.1 Å². The lowest BCUT2D eigenvalue weighted by Crippen LogP contribution is -2.32. The van der Waals surface area contributed by atoms with Crippen LogP contribution in [0.1, 0.15) is 82.1 Å². The maximum atomic E-state index is 14.0. The van der Waals surface area contributed by atoms with Gasteiger partial charge in [0.15, 0.2) is 11.6 Å². The normalized spacial score (nSPS) is 18.2. The first-order chi connectivity index (χ1) is 23.2. The highest BCUT2D eigenvalue weighted by molar-refractivity contribution is 6.30. The van der Waals surface area contributed by atoms with Crippen molar-refractivity contribution in [1.82, 2.24) is 0 Å². The molecule has 0 bridgehead atoms. The summed E-state index contributed by atoms with van der Waals surface area (Å²) in [5.41, 5.74) is 3.72. The van der Waals surface area contributed by atoms with Gasteiger partial charge in [0.2, 0.25) is 0 Å². The zero-order chi connectivity index (χ0) is 37.1. The van der Waals surface area contributed by atoms with Gasteiger partial charge >= 0.3 is 0 Å². The summed E-state index contributed by atoms with van der Waals surface area (Å²) in [6.07, 6.45) is 12.2. The van der Waals surface area contributed by atoms with Crippen molar-refractivity contribution in [3.05, 3.63) is 130 Å². The van der Waals surface area contributed by atoms with E-state index in [4.69, 9.17) is 11.6 Å². The van der Waals surface area contributed by atoms with Gasteiger partial charge in [-0.05, 0) is 118 Å². The van der Waals surface area contributed by atoms with Crippen molar-refractivity contribution in [2.24, 2.45) is 42.1 Å². The molecule has 0 spiro atoms. The van der Waals surface area contributed by atoms with Crippen LogP contribution in [-0.2, 0) is 9.59 Å². The number of carbonyl (C=O) groups is 2. The molecule has 0 atom stereocenters. The average molecular weight is 695 g/mol. The van der Waals surface area contributed by atoms with Crippen molar-refractivity contribution in [1.29, 1.82) is 0 Å². The molecular formula is C42H48ClFN4O2. The summed E-state index contributed by atoms with van der Waals surface area (Å²) in [6.45, 7) is 20.5. The Bertz CT molecular complexity index is 1750. The highest BCUT2D eigenvalue weighted by Gasteiger charge is 2.40. The lowest BCUT2D eigenvalue weighted by Gasteiger charge is -2.38. The molecule has 0 saturated heterocycles. The van der Waals surface area contributed by atoms with E-state index >= 15 is 0 Å². The summed E-state index contributed by atoms with van der Waals surface area (Å²) in [4.78, 5) is 28.1. The maximum absolute atomic E-state index is 14.0. The van der Waals surface area contributed by atoms with Gasteiger partial charge in [0.25, 0.3) is 0 Å². The molecule has 262 valence electrons. The minimum Gasteiger partial charge on any atom is -0.289 e. The van der Waals surface area contributed by atoms with Gasteiger partial charge in [0, 0.05) is 27.3 Å². The number of Topliss-reactive ketones (excluding diaryl/α,β-unsaturated/α-hetero) is 2. The van der Waals surface area contributed by atoms with Gasteiger partial charge in [-0.3, -0.25) is 9.59 Å². The van der Waals surface area contributed by atoms with Crippen LogP contribution in [-0.4, -0.2) is 11.6 Å². The minimum atomic E-state index is -0.529. The van der Waals surface area contributed by atoms with E-state index in [1.807, 2.05) is 65.8 Å². The lowest BCUT2D eigenvalue weighted by molar-refractivity contribution is -0.115. The second-order valence-electron chi connectivity index (χ2n) is 16.3. The number of nitrogens with zero attached hydrogens (tertiary/aromatic N) is 4. The molecule has 0 radical (unpaired) electrons. The third-order valence-electron chi connectivity index (χ3n) is 9.09. The Morgan fingerprint density at radius 1 is 0.560 bits per heavy atom. The van der Waals surface area contributed by atoms with Crippen molar-refractivity contribution < 1.29 is 14.0 Å². The summed E-state index contributed by atoms with van der Waals surface area (Å²) in [7, 11) is 0. The summed E-state index contributed by atoms with van der Waals surface area (Å²) >= 11 is 6.00. The first-order valence-electron chi connectivity index (χ1n) is 16.9. The predicted octanol–water partition coefficient (Wildman–Crippen LogP) is 12.9. The van der Waals surface area contributed by atoms with Crippen LogP contribution in [0, 0.1) is 27.5 Å². The topological polar surface area (TPSA) is 83.6 Å². The highest BCUT2D eigenvalue weighted by Crippen LogP contribution is 2.46. The minimum absolute atomic E-state index is 0.00936. The molecule has 0 N–H and O–H groups in total. The van der Waals surface area contributed by atoms with Crippen LogP contribution < -0.4 is 0 Å². The van der Waals surface area contributed by atoms with Gasteiger partial charge in [-0.25, -0.2) is 4.39 Å². The molecule has 0 fully saturated rings. The van der Waals surface area contributed by atoms with Gasteiger partial charge in [0.1, 0.15) is 5.82 Å².